The summed E-state index contributed by atoms with van der Waals surface area (Å²) in [7, 11) is -0.555. The van der Waals surface area contributed by atoms with Gasteiger partial charge in [-0.1, -0.05) is 6.08 Å². The summed E-state index contributed by atoms with van der Waals surface area (Å²) >= 11 is 0. The van der Waals surface area contributed by atoms with E-state index in [1.807, 2.05) is 33.8 Å². The lowest BCUT2D eigenvalue weighted by Crippen LogP contribution is -2.41. The van der Waals surface area contributed by atoms with Gasteiger partial charge in [0.25, 0.3) is 0 Å². The lowest BCUT2D eigenvalue weighted by molar-refractivity contribution is -0.0496. The summed E-state index contributed by atoms with van der Waals surface area (Å²) in [4.78, 5) is 18.4. The number of fused-ring (bicyclic) bond motifs is 1. The monoisotopic (exact) mass is 455 g/mol. The van der Waals surface area contributed by atoms with Crippen LogP contribution in [-0.4, -0.2) is 56.4 Å². The second-order valence-corrected chi connectivity index (χ2v) is 10.5. The Labute approximate surface area is 194 Å². The number of aliphatic hydroxyl groups is 1. The fourth-order valence-corrected chi connectivity index (χ4v) is 4.91. The Morgan fingerprint density at radius 1 is 1.21 bits per heavy atom. The summed E-state index contributed by atoms with van der Waals surface area (Å²) < 4.78 is 21.8. The lowest BCUT2D eigenvalue weighted by atomic mass is 9.80. The van der Waals surface area contributed by atoms with Crippen LogP contribution < -0.4 is 11.2 Å². The molecular weight excluding hydrogens is 421 g/mol. The quantitative estimate of drug-likeness (QED) is 0.713. The van der Waals surface area contributed by atoms with Gasteiger partial charge in [-0.3, -0.25) is 4.57 Å². The van der Waals surface area contributed by atoms with E-state index < -0.39 is 24.4 Å². The number of hydrogen-bond donors (Lipinski definition) is 1. The van der Waals surface area contributed by atoms with Crippen molar-refractivity contribution in [3.8, 4) is 0 Å². The zero-order valence-corrected chi connectivity index (χ0v) is 20.0. The predicted molar refractivity (Wildman–Crippen MR) is 127 cm³/mol. The molecule has 1 aliphatic carbocycles. The molecule has 2 atom stereocenters. The predicted octanol–water partition coefficient (Wildman–Crippen LogP) is 2.45. The summed E-state index contributed by atoms with van der Waals surface area (Å²) in [6.07, 6.45) is 8.49. The van der Waals surface area contributed by atoms with E-state index in [1.54, 1.807) is 15.3 Å². The fourth-order valence-electron chi connectivity index (χ4n) is 4.91. The van der Waals surface area contributed by atoms with E-state index in [4.69, 9.17) is 19.0 Å². The van der Waals surface area contributed by atoms with Gasteiger partial charge in [-0.05, 0) is 65.9 Å². The Bertz CT molecular complexity index is 1120. The molecule has 0 spiro atoms. The molecular formula is C24H34BN3O5. The first-order valence-corrected chi connectivity index (χ1v) is 12.1. The molecule has 178 valence electrons. The van der Waals surface area contributed by atoms with Gasteiger partial charge in [0.2, 0.25) is 0 Å². The van der Waals surface area contributed by atoms with E-state index in [0.29, 0.717) is 31.6 Å². The van der Waals surface area contributed by atoms with Gasteiger partial charge in [-0.25, -0.2) is 14.3 Å². The van der Waals surface area contributed by atoms with E-state index in [0.717, 1.165) is 42.4 Å². The summed E-state index contributed by atoms with van der Waals surface area (Å²) in [5.41, 5.74) is 2.14. The van der Waals surface area contributed by atoms with Gasteiger partial charge in [0.05, 0.1) is 35.5 Å². The Hall–Kier alpha value is -1.94. The average Bonchev–Trinajstić information content (AvgIpc) is 3.16. The summed E-state index contributed by atoms with van der Waals surface area (Å²) in [6.45, 7) is 8.96. The first-order chi connectivity index (χ1) is 15.7. The van der Waals surface area contributed by atoms with Crippen LogP contribution >= 0.6 is 0 Å². The van der Waals surface area contributed by atoms with Crippen molar-refractivity contribution in [1.82, 2.24) is 14.1 Å². The number of ether oxygens (including phenoxy) is 1. The fraction of sp³-hybridized carbons (Fsp3) is 0.667. The van der Waals surface area contributed by atoms with E-state index in [1.165, 1.54) is 0 Å². The molecule has 2 fully saturated rings. The van der Waals surface area contributed by atoms with Crippen molar-refractivity contribution >= 4 is 29.4 Å². The second kappa shape index (κ2) is 8.38. The maximum absolute atomic E-state index is 13.6. The summed E-state index contributed by atoms with van der Waals surface area (Å²) in [5, 5.41) is 10.1. The van der Waals surface area contributed by atoms with Gasteiger partial charge in [0.15, 0.2) is 5.65 Å². The normalized spacial score (nSPS) is 27.2. The summed E-state index contributed by atoms with van der Waals surface area (Å²) in [6, 6.07) is 1.96. The van der Waals surface area contributed by atoms with Crippen molar-refractivity contribution < 1.29 is 19.2 Å². The first-order valence-electron chi connectivity index (χ1n) is 12.1. The van der Waals surface area contributed by atoms with Gasteiger partial charge < -0.3 is 19.2 Å². The van der Waals surface area contributed by atoms with Crippen LogP contribution in [0.15, 0.2) is 23.1 Å². The first kappa shape index (κ1) is 22.8. The SMILES string of the molecule is CC1(C)OB(c2cnc3c(c2)n(C[C@H]2C[C@@H](O)CCO2)c(=O)n3C2=CCCCC2)OC1(C)C. The minimum atomic E-state index is -0.555. The van der Waals surface area contributed by atoms with E-state index in [-0.39, 0.29) is 11.8 Å². The van der Waals surface area contributed by atoms with Crippen LogP contribution in [-0.2, 0) is 20.6 Å². The molecule has 8 nitrogen and oxygen atoms in total. The van der Waals surface area contributed by atoms with Crippen molar-refractivity contribution in [3.05, 3.63) is 28.8 Å². The third-order valence-corrected chi connectivity index (χ3v) is 7.60. The zero-order valence-electron chi connectivity index (χ0n) is 20.0. The van der Waals surface area contributed by atoms with Crippen molar-refractivity contribution in [1.29, 1.82) is 0 Å². The minimum absolute atomic E-state index is 0.111. The number of pyridine rings is 1. The molecule has 2 aliphatic heterocycles. The standard InChI is InChI=1S/C24H34BN3O5/c1-23(2)24(3,4)33-25(32-23)16-12-20-21(26-14-16)28(17-8-6-5-7-9-17)22(30)27(20)15-19-13-18(29)10-11-31-19/h8,12,14,18-19,29H,5-7,9-11,13,15H2,1-4H3/t18-,19+/m0/s1. The maximum atomic E-state index is 13.6. The van der Waals surface area contributed by atoms with Crippen LogP contribution in [0.3, 0.4) is 0 Å². The van der Waals surface area contributed by atoms with Crippen molar-refractivity contribution in [2.24, 2.45) is 0 Å². The largest absolute Gasteiger partial charge is 0.496 e. The molecule has 2 aromatic rings. The van der Waals surface area contributed by atoms with Gasteiger partial charge in [0, 0.05) is 30.4 Å². The van der Waals surface area contributed by atoms with Gasteiger partial charge in [-0.15, -0.1) is 0 Å². The molecule has 33 heavy (non-hydrogen) atoms. The minimum Gasteiger partial charge on any atom is -0.399 e. The Kier molecular flexibility index (Phi) is 5.80. The highest BCUT2D eigenvalue weighted by Crippen LogP contribution is 2.36. The average molecular weight is 455 g/mol. The smallest absolute Gasteiger partial charge is 0.399 e. The van der Waals surface area contributed by atoms with Crippen molar-refractivity contribution in [3.63, 3.8) is 0 Å². The topological polar surface area (TPSA) is 87.7 Å². The Morgan fingerprint density at radius 3 is 2.64 bits per heavy atom. The van der Waals surface area contributed by atoms with E-state index in [9.17, 15) is 9.90 Å². The number of imidazole rings is 1. The highest BCUT2D eigenvalue weighted by atomic mass is 16.7. The highest BCUT2D eigenvalue weighted by molar-refractivity contribution is 6.62. The molecule has 0 aromatic carbocycles. The molecule has 2 aromatic heterocycles. The lowest BCUT2D eigenvalue weighted by Gasteiger charge is -2.32. The number of allylic oxidation sites excluding steroid dienone is 2. The van der Waals surface area contributed by atoms with Crippen LogP contribution in [0.2, 0.25) is 0 Å². The molecule has 0 unspecified atom stereocenters. The van der Waals surface area contributed by atoms with Crippen LogP contribution in [0.5, 0.6) is 0 Å². The van der Waals surface area contributed by atoms with E-state index in [2.05, 4.69) is 6.08 Å². The molecule has 5 rings (SSSR count). The third kappa shape index (κ3) is 4.09. The molecule has 1 N–H and O–H groups in total. The zero-order chi connectivity index (χ0) is 23.4. The Morgan fingerprint density at radius 2 is 1.97 bits per heavy atom. The number of nitrogens with zero attached hydrogens (tertiary/aromatic N) is 3. The molecule has 2 saturated heterocycles. The van der Waals surface area contributed by atoms with Crippen molar-refractivity contribution in [2.75, 3.05) is 6.61 Å². The Balaban J connectivity index is 1.59. The third-order valence-electron chi connectivity index (χ3n) is 7.60. The van der Waals surface area contributed by atoms with Crippen LogP contribution in [0.1, 0.15) is 66.2 Å². The molecule has 0 radical (unpaired) electrons. The molecule has 3 aliphatic rings. The molecule has 0 amide bonds. The van der Waals surface area contributed by atoms with E-state index >= 15 is 0 Å². The number of hydrogen-bond acceptors (Lipinski definition) is 6. The molecule has 4 heterocycles. The maximum Gasteiger partial charge on any atom is 0.496 e. The number of rotatable bonds is 4. The number of aromatic nitrogens is 3. The molecule has 0 saturated carbocycles. The van der Waals surface area contributed by atoms with Crippen LogP contribution in [0.4, 0.5) is 0 Å². The summed E-state index contributed by atoms with van der Waals surface area (Å²) in [5.74, 6) is 0. The van der Waals surface area contributed by atoms with Crippen LogP contribution in [0.25, 0.3) is 16.9 Å². The van der Waals surface area contributed by atoms with Gasteiger partial charge in [-0.2, -0.15) is 0 Å². The molecule has 9 heteroatoms. The number of aliphatic hydroxyl groups excluding tert-OH is 1. The second-order valence-electron chi connectivity index (χ2n) is 10.5. The highest BCUT2D eigenvalue weighted by Gasteiger charge is 2.52. The van der Waals surface area contributed by atoms with Gasteiger partial charge >= 0.3 is 12.8 Å². The van der Waals surface area contributed by atoms with Gasteiger partial charge in [0.1, 0.15) is 0 Å². The molecule has 0 bridgehead atoms. The van der Waals surface area contributed by atoms with Crippen LogP contribution in [0, 0.1) is 0 Å². The van der Waals surface area contributed by atoms with Crippen molar-refractivity contribution in [2.45, 2.75) is 96.2 Å².